The lowest BCUT2D eigenvalue weighted by Gasteiger charge is -2.29. The predicted molar refractivity (Wildman–Crippen MR) is 79.2 cm³/mol. The molecule has 0 aliphatic heterocycles. The maximum Gasteiger partial charge on any atom is 0.337 e. The van der Waals surface area contributed by atoms with Gasteiger partial charge in [0.25, 0.3) is 0 Å². The SMILES string of the molecule is CN(C)CC(C)(C)CNc1ccc(Cl)cc1C(=O)O. The van der Waals surface area contributed by atoms with Crippen LogP contribution in [0.25, 0.3) is 0 Å². The van der Waals surface area contributed by atoms with Gasteiger partial charge in [0, 0.05) is 23.8 Å². The fourth-order valence-electron chi connectivity index (χ4n) is 2.09. The lowest BCUT2D eigenvalue weighted by molar-refractivity contribution is 0.0698. The quantitative estimate of drug-likeness (QED) is 0.843. The number of carbonyl (C=O) groups is 1. The van der Waals surface area contributed by atoms with Crippen molar-refractivity contribution >= 4 is 23.3 Å². The lowest BCUT2D eigenvalue weighted by atomic mass is 9.92. The van der Waals surface area contributed by atoms with Gasteiger partial charge in [-0.1, -0.05) is 25.4 Å². The number of nitrogens with one attached hydrogen (secondary N) is 1. The zero-order valence-corrected chi connectivity index (χ0v) is 12.6. The maximum atomic E-state index is 11.2. The van der Waals surface area contributed by atoms with Gasteiger partial charge in [-0.3, -0.25) is 0 Å². The van der Waals surface area contributed by atoms with Crippen molar-refractivity contribution in [3.8, 4) is 0 Å². The molecule has 0 saturated carbocycles. The number of benzene rings is 1. The highest BCUT2D eigenvalue weighted by atomic mass is 35.5. The number of halogens is 1. The summed E-state index contributed by atoms with van der Waals surface area (Å²) in [6, 6.07) is 4.86. The van der Waals surface area contributed by atoms with Crippen LogP contribution in [-0.2, 0) is 0 Å². The second-order valence-corrected chi connectivity index (χ2v) is 6.19. The van der Waals surface area contributed by atoms with Gasteiger partial charge in [0.1, 0.15) is 0 Å². The van der Waals surface area contributed by atoms with Crippen molar-refractivity contribution in [3.63, 3.8) is 0 Å². The van der Waals surface area contributed by atoms with Crippen molar-refractivity contribution in [2.24, 2.45) is 5.41 Å². The second kappa shape index (κ2) is 6.26. The smallest absolute Gasteiger partial charge is 0.337 e. The third-order valence-electron chi connectivity index (χ3n) is 2.71. The highest BCUT2D eigenvalue weighted by Gasteiger charge is 2.20. The minimum atomic E-state index is -0.976. The highest BCUT2D eigenvalue weighted by molar-refractivity contribution is 6.31. The molecule has 0 amide bonds. The average Bonchev–Trinajstić information content (AvgIpc) is 2.25. The van der Waals surface area contributed by atoms with Gasteiger partial charge in [0.15, 0.2) is 0 Å². The number of hydrogen-bond acceptors (Lipinski definition) is 3. The Bertz CT molecular complexity index is 459. The topological polar surface area (TPSA) is 52.6 Å². The lowest BCUT2D eigenvalue weighted by Crippen LogP contribution is -2.34. The van der Waals surface area contributed by atoms with Crippen LogP contribution in [0.2, 0.25) is 5.02 Å². The first-order valence-electron chi connectivity index (χ1n) is 6.13. The van der Waals surface area contributed by atoms with E-state index in [1.807, 2.05) is 14.1 Å². The van der Waals surface area contributed by atoms with Crippen molar-refractivity contribution in [1.82, 2.24) is 4.90 Å². The standard InChI is InChI=1S/C14H21ClN2O2/c1-14(2,9-17(3)4)8-16-12-6-5-10(15)7-11(12)13(18)19/h5-7,16H,8-9H2,1-4H3,(H,18,19). The molecule has 0 radical (unpaired) electrons. The molecule has 19 heavy (non-hydrogen) atoms. The summed E-state index contributed by atoms with van der Waals surface area (Å²) in [5, 5.41) is 12.8. The summed E-state index contributed by atoms with van der Waals surface area (Å²) >= 11 is 5.82. The van der Waals surface area contributed by atoms with Gasteiger partial charge in [-0.15, -0.1) is 0 Å². The Hall–Kier alpha value is -1.26. The van der Waals surface area contributed by atoms with Gasteiger partial charge in [-0.25, -0.2) is 4.79 Å². The van der Waals surface area contributed by atoms with E-state index in [1.54, 1.807) is 12.1 Å². The predicted octanol–water partition coefficient (Wildman–Crippen LogP) is 3.04. The van der Waals surface area contributed by atoms with Crippen LogP contribution in [0, 0.1) is 5.41 Å². The first-order valence-corrected chi connectivity index (χ1v) is 6.50. The van der Waals surface area contributed by atoms with Crippen molar-refractivity contribution < 1.29 is 9.90 Å². The number of aromatic carboxylic acids is 1. The highest BCUT2D eigenvalue weighted by Crippen LogP contribution is 2.23. The van der Waals surface area contributed by atoms with E-state index >= 15 is 0 Å². The van der Waals surface area contributed by atoms with Crippen LogP contribution in [-0.4, -0.2) is 43.2 Å². The largest absolute Gasteiger partial charge is 0.478 e. The van der Waals surface area contributed by atoms with E-state index in [-0.39, 0.29) is 11.0 Å². The Labute approximate surface area is 119 Å². The van der Waals surface area contributed by atoms with Crippen molar-refractivity contribution in [1.29, 1.82) is 0 Å². The summed E-state index contributed by atoms with van der Waals surface area (Å²) in [6.07, 6.45) is 0. The first-order chi connectivity index (χ1) is 8.71. The molecule has 5 heteroatoms. The Kier molecular flexibility index (Phi) is 5.20. The second-order valence-electron chi connectivity index (χ2n) is 5.75. The zero-order chi connectivity index (χ0) is 14.6. The van der Waals surface area contributed by atoms with E-state index in [0.29, 0.717) is 17.3 Å². The van der Waals surface area contributed by atoms with Gasteiger partial charge in [-0.2, -0.15) is 0 Å². The molecule has 0 saturated heterocycles. The van der Waals surface area contributed by atoms with Gasteiger partial charge in [0.2, 0.25) is 0 Å². The zero-order valence-electron chi connectivity index (χ0n) is 11.8. The van der Waals surface area contributed by atoms with Crippen molar-refractivity contribution in [2.75, 3.05) is 32.5 Å². The molecule has 0 atom stereocenters. The number of carboxylic acids is 1. The van der Waals surface area contributed by atoms with Gasteiger partial charge >= 0.3 is 5.97 Å². The van der Waals surface area contributed by atoms with E-state index in [9.17, 15) is 4.79 Å². The Morgan fingerprint density at radius 3 is 2.58 bits per heavy atom. The number of carboxylic acid groups (broad SMARTS) is 1. The van der Waals surface area contributed by atoms with Crippen LogP contribution in [0.5, 0.6) is 0 Å². The Balaban J connectivity index is 2.80. The summed E-state index contributed by atoms with van der Waals surface area (Å²) in [7, 11) is 4.04. The molecule has 0 unspecified atom stereocenters. The number of hydrogen-bond donors (Lipinski definition) is 2. The summed E-state index contributed by atoms with van der Waals surface area (Å²) in [5.74, 6) is -0.976. The van der Waals surface area contributed by atoms with Gasteiger partial charge < -0.3 is 15.3 Å². The molecule has 2 N–H and O–H groups in total. The minimum absolute atomic E-state index is 0.0406. The van der Waals surface area contributed by atoms with E-state index in [4.69, 9.17) is 16.7 Å². The number of nitrogens with zero attached hydrogens (tertiary/aromatic N) is 1. The molecule has 0 spiro atoms. The molecule has 0 aromatic heterocycles. The fourth-order valence-corrected chi connectivity index (χ4v) is 2.27. The first kappa shape index (κ1) is 15.8. The molecular formula is C14H21ClN2O2. The summed E-state index contributed by atoms with van der Waals surface area (Å²) in [4.78, 5) is 13.3. The van der Waals surface area contributed by atoms with Crippen LogP contribution in [0.3, 0.4) is 0 Å². The van der Waals surface area contributed by atoms with Gasteiger partial charge in [-0.05, 0) is 37.7 Å². The van der Waals surface area contributed by atoms with E-state index in [2.05, 4.69) is 24.1 Å². The molecule has 106 valence electrons. The molecule has 1 aromatic rings. The van der Waals surface area contributed by atoms with E-state index in [1.165, 1.54) is 6.07 Å². The molecule has 1 aromatic carbocycles. The van der Waals surface area contributed by atoms with E-state index in [0.717, 1.165) is 6.54 Å². The van der Waals surface area contributed by atoms with Crippen molar-refractivity contribution in [2.45, 2.75) is 13.8 Å². The average molecular weight is 285 g/mol. The van der Waals surface area contributed by atoms with Crippen LogP contribution in [0.1, 0.15) is 24.2 Å². The van der Waals surface area contributed by atoms with Crippen LogP contribution >= 0.6 is 11.6 Å². The van der Waals surface area contributed by atoms with Crippen molar-refractivity contribution in [3.05, 3.63) is 28.8 Å². The molecule has 0 aliphatic carbocycles. The molecule has 4 nitrogen and oxygen atoms in total. The monoisotopic (exact) mass is 284 g/mol. The van der Waals surface area contributed by atoms with Gasteiger partial charge in [0.05, 0.1) is 5.56 Å². The third kappa shape index (κ3) is 5.09. The van der Waals surface area contributed by atoms with Crippen LogP contribution < -0.4 is 5.32 Å². The van der Waals surface area contributed by atoms with Crippen LogP contribution in [0.15, 0.2) is 18.2 Å². The molecule has 1 rings (SSSR count). The number of rotatable bonds is 6. The molecule has 0 fully saturated rings. The summed E-state index contributed by atoms with van der Waals surface area (Å²) in [6.45, 7) is 5.87. The van der Waals surface area contributed by atoms with Crippen LogP contribution in [0.4, 0.5) is 5.69 Å². The molecule has 0 aliphatic rings. The summed E-state index contributed by atoms with van der Waals surface area (Å²) < 4.78 is 0. The normalized spacial score (nSPS) is 11.7. The van der Waals surface area contributed by atoms with E-state index < -0.39 is 5.97 Å². The minimum Gasteiger partial charge on any atom is -0.478 e. The third-order valence-corrected chi connectivity index (χ3v) is 2.95. The fraction of sp³-hybridized carbons (Fsp3) is 0.500. The maximum absolute atomic E-state index is 11.2. The Morgan fingerprint density at radius 1 is 1.42 bits per heavy atom. The Morgan fingerprint density at radius 2 is 2.05 bits per heavy atom. The molecule has 0 bridgehead atoms. The number of anilines is 1. The molecule has 0 heterocycles. The molecular weight excluding hydrogens is 264 g/mol. The summed E-state index contributed by atoms with van der Waals surface area (Å²) in [5.41, 5.74) is 0.843.